The first-order valence-electron chi connectivity index (χ1n) is 12.1. The number of anilines is 1. The molecule has 1 aliphatic carbocycles. The van der Waals surface area contributed by atoms with Crippen LogP contribution in [-0.4, -0.2) is 75.7 Å². The predicted octanol–water partition coefficient (Wildman–Crippen LogP) is 4.81. The number of carbonyl (C=O) groups excluding carboxylic acids is 2. The van der Waals surface area contributed by atoms with Crippen LogP contribution in [0.25, 0.3) is 0 Å². The standard InChI is InChI=1S/C26H42N2O6/c1-9-28(20-12-10-19(11-13-20)27(6)25(30)34-26(3,4)5)23-17-21(33-15-14-31-7)16-22(18(23)2)24(29)32-8/h16-17,19-20H,9-15H2,1-8H3. The van der Waals surface area contributed by atoms with Gasteiger partial charge in [-0.2, -0.15) is 0 Å². The Bertz CT molecular complexity index is 827. The minimum atomic E-state index is -0.507. The van der Waals surface area contributed by atoms with Crippen LogP contribution in [0.15, 0.2) is 12.1 Å². The van der Waals surface area contributed by atoms with Crippen molar-refractivity contribution in [3.63, 3.8) is 0 Å². The maximum Gasteiger partial charge on any atom is 0.410 e. The van der Waals surface area contributed by atoms with Crippen LogP contribution < -0.4 is 9.64 Å². The SMILES string of the molecule is CCN(c1cc(OCCOC)cc(C(=O)OC)c1C)C1CCC(N(C)C(=O)OC(C)(C)C)CC1. The largest absolute Gasteiger partial charge is 0.491 e. The topological polar surface area (TPSA) is 77.5 Å². The Hall–Kier alpha value is -2.48. The lowest BCUT2D eigenvalue weighted by Gasteiger charge is -2.41. The zero-order valence-corrected chi connectivity index (χ0v) is 22.1. The summed E-state index contributed by atoms with van der Waals surface area (Å²) in [5.74, 6) is 0.240. The summed E-state index contributed by atoms with van der Waals surface area (Å²) in [6.45, 7) is 11.4. The number of methoxy groups -OCH3 is 2. The second-order valence-electron chi connectivity index (χ2n) is 9.79. The zero-order chi connectivity index (χ0) is 25.5. The molecular weight excluding hydrogens is 436 g/mol. The molecule has 0 N–H and O–H groups in total. The zero-order valence-electron chi connectivity index (χ0n) is 22.1. The molecule has 0 aliphatic heterocycles. The third-order valence-corrected chi connectivity index (χ3v) is 6.30. The van der Waals surface area contributed by atoms with Crippen LogP contribution in [0.4, 0.5) is 10.5 Å². The minimum absolute atomic E-state index is 0.153. The first kappa shape index (κ1) is 27.8. The number of benzene rings is 1. The highest BCUT2D eigenvalue weighted by atomic mass is 16.6. The molecule has 1 aliphatic rings. The fraction of sp³-hybridized carbons (Fsp3) is 0.692. The van der Waals surface area contributed by atoms with E-state index in [0.29, 0.717) is 30.6 Å². The van der Waals surface area contributed by atoms with Crippen molar-refractivity contribution in [2.45, 2.75) is 78.0 Å². The van der Waals surface area contributed by atoms with E-state index in [4.69, 9.17) is 18.9 Å². The molecule has 0 aromatic heterocycles. The highest BCUT2D eigenvalue weighted by Gasteiger charge is 2.32. The number of hydrogen-bond donors (Lipinski definition) is 0. The molecule has 1 aromatic rings. The van der Waals surface area contributed by atoms with Crippen molar-refractivity contribution in [1.29, 1.82) is 0 Å². The lowest BCUT2D eigenvalue weighted by Crippen LogP contribution is -2.46. The van der Waals surface area contributed by atoms with Gasteiger partial charge in [-0.25, -0.2) is 9.59 Å². The molecule has 0 radical (unpaired) electrons. The molecular formula is C26H42N2O6. The van der Waals surface area contributed by atoms with Gasteiger partial charge in [0.2, 0.25) is 0 Å². The van der Waals surface area contributed by atoms with Gasteiger partial charge in [0, 0.05) is 44.5 Å². The molecule has 192 valence electrons. The van der Waals surface area contributed by atoms with E-state index in [1.807, 2.05) is 40.8 Å². The Labute approximate surface area is 204 Å². The van der Waals surface area contributed by atoms with Gasteiger partial charge in [-0.05, 0) is 71.9 Å². The van der Waals surface area contributed by atoms with Gasteiger partial charge < -0.3 is 28.7 Å². The Kier molecular flexibility index (Phi) is 10.0. The van der Waals surface area contributed by atoms with Crippen LogP contribution >= 0.6 is 0 Å². The summed E-state index contributed by atoms with van der Waals surface area (Å²) in [7, 11) is 4.84. The van der Waals surface area contributed by atoms with Crippen LogP contribution in [0.5, 0.6) is 5.75 Å². The van der Waals surface area contributed by atoms with E-state index in [0.717, 1.165) is 43.5 Å². The molecule has 8 nitrogen and oxygen atoms in total. The Morgan fingerprint density at radius 2 is 1.65 bits per heavy atom. The predicted molar refractivity (Wildman–Crippen MR) is 133 cm³/mol. The van der Waals surface area contributed by atoms with Gasteiger partial charge in [0.05, 0.1) is 19.3 Å². The third kappa shape index (κ3) is 7.26. The fourth-order valence-corrected chi connectivity index (χ4v) is 4.49. The van der Waals surface area contributed by atoms with Crippen molar-refractivity contribution in [3.05, 3.63) is 23.3 Å². The minimum Gasteiger partial charge on any atom is -0.491 e. The molecule has 2 rings (SSSR count). The van der Waals surface area contributed by atoms with Gasteiger partial charge in [-0.3, -0.25) is 0 Å². The number of rotatable bonds is 9. The molecule has 0 atom stereocenters. The molecule has 0 bridgehead atoms. The van der Waals surface area contributed by atoms with Gasteiger partial charge in [0.15, 0.2) is 0 Å². The average Bonchev–Trinajstić information content (AvgIpc) is 2.79. The Morgan fingerprint density at radius 3 is 2.18 bits per heavy atom. The molecule has 1 aromatic carbocycles. The molecule has 8 heteroatoms. The van der Waals surface area contributed by atoms with E-state index in [-0.39, 0.29) is 18.1 Å². The van der Waals surface area contributed by atoms with Crippen LogP contribution in [0.1, 0.15) is 69.3 Å². The van der Waals surface area contributed by atoms with Crippen LogP contribution in [-0.2, 0) is 14.2 Å². The average molecular weight is 479 g/mol. The molecule has 1 fully saturated rings. The summed E-state index contributed by atoms with van der Waals surface area (Å²) in [6.07, 6.45) is 3.39. The first-order chi connectivity index (χ1) is 16.0. The monoisotopic (exact) mass is 478 g/mol. The number of hydrogen-bond acceptors (Lipinski definition) is 7. The second kappa shape index (κ2) is 12.3. The van der Waals surface area contributed by atoms with Crippen molar-refractivity contribution in [2.75, 3.05) is 45.9 Å². The lowest BCUT2D eigenvalue weighted by molar-refractivity contribution is 0.0183. The van der Waals surface area contributed by atoms with Gasteiger partial charge in [0.25, 0.3) is 0 Å². The molecule has 0 heterocycles. The molecule has 0 spiro atoms. The molecule has 1 amide bonds. The summed E-state index contributed by atoms with van der Waals surface area (Å²) >= 11 is 0. The summed E-state index contributed by atoms with van der Waals surface area (Å²) in [4.78, 5) is 29.0. The van der Waals surface area contributed by atoms with E-state index in [2.05, 4.69) is 11.8 Å². The molecule has 1 saturated carbocycles. The number of esters is 1. The van der Waals surface area contributed by atoms with Gasteiger partial charge in [-0.1, -0.05) is 0 Å². The highest BCUT2D eigenvalue weighted by Crippen LogP contribution is 2.35. The quantitative estimate of drug-likeness (QED) is 0.372. The van der Waals surface area contributed by atoms with E-state index in [1.54, 1.807) is 18.1 Å². The van der Waals surface area contributed by atoms with Crippen molar-refractivity contribution < 1.29 is 28.5 Å². The number of ether oxygens (including phenoxy) is 4. The van der Waals surface area contributed by atoms with Crippen LogP contribution in [0.2, 0.25) is 0 Å². The highest BCUT2D eigenvalue weighted by molar-refractivity contribution is 5.93. The van der Waals surface area contributed by atoms with E-state index >= 15 is 0 Å². The van der Waals surface area contributed by atoms with Crippen molar-refractivity contribution in [3.8, 4) is 5.75 Å². The Morgan fingerprint density at radius 1 is 1.03 bits per heavy atom. The first-order valence-corrected chi connectivity index (χ1v) is 12.1. The maximum absolute atomic E-state index is 12.5. The van der Waals surface area contributed by atoms with Gasteiger partial charge >= 0.3 is 12.1 Å². The van der Waals surface area contributed by atoms with Gasteiger partial charge in [0.1, 0.15) is 18.0 Å². The smallest absolute Gasteiger partial charge is 0.410 e. The van der Waals surface area contributed by atoms with E-state index < -0.39 is 5.60 Å². The van der Waals surface area contributed by atoms with Crippen LogP contribution in [0.3, 0.4) is 0 Å². The lowest BCUT2D eigenvalue weighted by atomic mass is 9.88. The number of nitrogens with zero attached hydrogens (tertiary/aromatic N) is 2. The fourth-order valence-electron chi connectivity index (χ4n) is 4.49. The second-order valence-corrected chi connectivity index (χ2v) is 9.79. The third-order valence-electron chi connectivity index (χ3n) is 6.30. The molecule has 0 unspecified atom stereocenters. The maximum atomic E-state index is 12.5. The molecule has 0 saturated heterocycles. The normalized spacial score (nSPS) is 18.2. The summed E-state index contributed by atoms with van der Waals surface area (Å²) in [5.41, 5.74) is 1.85. The summed E-state index contributed by atoms with van der Waals surface area (Å²) < 4.78 is 21.5. The summed E-state index contributed by atoms with van der Waals surface area (Å²) in [6, 6.07) is 4.19. The van der Waals surface area contributed by atoms with Gasteiger partial charge in [-0.15, -0.1) is 0 Å². The van der Waals surface area contributed by atoms with E-state index in [9.17, 15) is 9.59 Å². The van der Waals surface area contributed by atoms with Crippen molar-refractivity contribution in [1.82, 2.24) is 4.90 Å². The summed E-state index contributed by atoms with van der Waals surface area (Å²) in [5, 5.41) is 0. The number of amides is 1. The van der Waals surface area contributed by atoms with Crippen LogP contribution in [0, 0.1) is 6.92 Å². The van der Waals surface area contributed by atoms with Crippen molar-refractivity contribution >= 4 is 17.7 Å². The van der Waals surface area contributed by atoms with E-state index in [1.165, 1.54) is 7.11 Å². The van der Waals surface area contributed by atoms with Crippen molar-refractivity contribution in [2.24, 2.45) is 0 Å². The Balaban J connectivity index is 2.20. The molecule has 34 heavy (non-hydrogen) atoms. The number of carbonyl (C=O) groups is 2.